The van der Waals surface area contributed by atoms with Crippen LogP contribution < -0.4 is 4.72 Å². The summed E-state index contributed by atoms with van der Waals surface area (Å²) in [5.41, 5.74) is 0.866. The van der Waals surface area contributed by atoms with Crippen LogP contribution in [-0.2, 0) is 14.8 Å². The number of morpholine rings is 1. The first-order valence-electron chi connectivity index (χ1n) is 9.15. The Morgan fingerprint density at radius 1 is 1.24 bits per heavy atom. The van der Waals surface area contributed by atoms with E-state index in [1.165, 1.54) is 30.3 Å². The summed E-state index contributed by atoms with van der Waals surface area (Å²) in [4.78, 5) is 14.6. The molecule has 156 valence electrons. The lowest BCUT2D eigenvalue weighted by Gasteiger charge is -2.33. The van der Waals surface area contributed by atoms with Crippen LogP contribution in [0.15, 0.2) is 47.4 Å². The Balaban J connectivity index is 1.84. The minimum atomic E-state index is -3.76. The van der Waals surface area contributed by atoms with Crippen molar-refractivity contribution in [2.24, 2.45) is 0 Å². The fourth-order valence-corrected chi connectivity index (χ4v) is 4.57. The van der Waals surface area contributed by atoms with Crippen LogP contribution in [0.2, 0.25) is 5.02 Å². The molecular weight excluding hydrogens is 419 g/mol. The van der Waals surface area contributed by atoms with Crippen molar-refractivity contribution in [3.05, 3.63) is 64.4 Å². The van der Waals surface area contributed by atoms with Crippen LogP contribution in [0.4, 0.5) is 4.39 Å². The van der Waals surface area contributed by atoms with Crippen molar-refractivity contribution in [2.45, 2.75) is 30.9 Å². The van der Waals surface area contributed by atoms with E-state index in [-0.39, 0.29) is 39.8 Å². The minimum absolute atomic E-state index is 0.0257. The number of nitrogens with zero attached hydrogens (tertiary/aromatic N) is 1. The molecule has 3 rings (SSSR count). The van der Waals surface area contributed by atoms with Gasteiger partial charge in [-0.2, -0.15) is 0 Å². The summed E-state index contributed by atoms with van der Waals surface area (Å²) in [6.07, 6.45) is -0.401. The normalized spacial score (nSPS) is 17.6. The predicted molar refractivity (Wildman–Crippen MR) is 108 cm³/mol. The van der Waals surface area contributed by atoms with Crippen LogP contribution >= 0.6 is 11.6 Å². The molecule has 0 radical (unpaired) electrons. The number of ether oxygens (including phenoxy) is 1. The molecule has 1 fully saturated rings. The number of rotatable bonds is 5. The van der Waals surface area contributed by atoms with E-state index in [1.807, 2.05) is 0 Å². The highest BCUT2D eigenvalue weighted by Gasteiger charge is 2.28. The maximum Gasteiger partial charge on any atom is 0.255 e. The maximum absolute atomic E-state index is 13.2. The lowest BCUT2D eigenvalue weighted by molar-refractivity contribution is -0.0228. The van der Waals surface area contributed by atoms with Crippen LogP contribution in [0.1, 0.15) is 35.9 Å². The Labute approximate surface area is 174 Å². The molecule has 1 amide bonds. The van der Waals surface area contributed by atoms with Crippen molar-refractivity contribution >= 4 is 27.5 Å². The van der Waals surface area contributed by atoms with Gasteiger partial charge in [0.15, 0.2) is 0 Å². The van der Waals surface area contributed by atoms with Crippen LogP contribution in [-0.4, -0.2) is 45.0 Å². The van der Waals surface area contributed by atoms with Crippen molar-refractivity contribution in [1.29, 1.82) is 0 Å². The molecule has 1 aliphatic rings. The molecule has 29 heavy (non-hydrogen) atoms. The number of hydrogen-bond donors (Lipinski definition) is 1. The molecule has 2 aromatic carbocycles. The van der Waals surface area contributed by atoms with Crippen molar-refractivity contribution < 1.29 is 22.3 Å². The van der Waals surface area contributed by atoms with E-state index in [0.29, 0.717) is 13.2 Å². The molecule has 2 aromatic rings. The molecule has 9 heteroatoms. The van der Waals surface area contributed by atoms with Gasteiger partial charge in [0.1, 0.15) is 11.9 Å². The highest BCUT2D eigenvalue weighted by Crippen LogP contribution is 2.27. The number of amides is 1. The number of carbonyl (C=O) groups excluding carboxylic acids is 1. The SMILES string of the molecule is CC(C)NS(=O)(=O)c1ccc(Cl)c(C(=O)N2CCOC(c3ccc(F)cc3)C2)c1. The van der Waals surface area contributed by atoms with Gasteiger partial charge in [-0.1, -0.05) is 23.7 Å². The van der Waals surface area contributed by atoms with Crippen LogP contribution in [0, 0.1) is 5.82 Å². The summed E-state index contributed by atoms with van der Waals surface area (Å²) in [6, 6.07) is 9.69. The third kappa shape index (κ3) is 5.14. The molecule has 0 spiro atoms. The van der Waals surface area contributed by atoms with E-state index in [9.17, 15) is 17.6 Å². The van der Waals surface area contributed by atoms with Gasteiger partial charge in [-0.3, -0.25) is 4.79 Å². The number of benzene rings is 2. The number of halogens is 2. The van der Waals surface area contributed by atoms with Crippen molar-refractivity contribution in [3.63, 3.8) is 0 Å². The third-order valence-electron chi connectivity index (χ3n) is 4.46. The van der Waals surface area contributed by atoms with Crippen LogP contribution in [0.25, 0.3) is 0 Å². The molecule has 0 aromatic heterocycles. The second kappa shape index (κ2) is 8.79. The van der Waals surface area contributed by atoms with Crippen molar-refractivity contribution in [2.75, 3.05) is 19.7 Å². The first kappa shape index (κ1) is 21.7. The molecule has 1 saturated heterocycles. The second-order valence-corrected chi connectivity index (χ2v) is 9.20. The van der Waals surface area contributed by atoms with E-state index in [1.54, 1.807) is 30.9 Å². The predicted octanol–water partition coefficient (Wildman–Crippen LogP) is 3.38. The van der Waals surface area contributed by atoms with Crippen molar-refractivity contribution in [3.8, 4) is 0 Å². The number of sulfonamides is 1. The molecule has 1 unspecified atom stereocenters. The van der Waals surface area contributed by atoms with E-state index in [0.717, 1.165) is 5.56 Å². The zero-order chi connectivity index (χ0) is 21.2. The van der Waals surface area contributed by atoms with Gasteiger partial charge >= 0.3 is 0 Å². The zero-order valence-corrected chi connectivity index (χ0v) is 17.6. The van der Waals surface area contributed by atoms with Gasteiger partial charge in [-0.25, -0.2) is 17.5 Å². The number of carbonyl (C=O) groups is 1. The first-order valence-corrected chi connectivity index (χ1v) is 11.0. The number of nitrogens with one attached hydrogen (secondary N) is 1. The summed E-state index contributed by atoms with van der Waals surface area (Å²) >= 11 is 6.20. The van der Waals surface area contributed by atoms with Crippen molar-refractivity contribution in [1.82, 2.24) is 9.62 Å². The van der Waals surface area contributed by atoms with Gasteiger partial charge in [-0.05, 0) is 49.7 Å². The molecule has 1 heterocycles. The first-order chi connectivity index (χ1) is 13.7. The summed E-state index contributed by atoms with van der Waals surface area (Å²) in [5.74, 6) is -0.732. The van der Waals surface area contributed by atoms with Gasteiger partial charge in [0, 0.05) is 12.6 Å². The highest BCUT2D eigenvalue weighted by atomic mass is 35.5. The fourth-order valence-electron chi connectivity index (χ4n) is 3.10. The molecule has 0 aliphatic carbocycles. The molecular formula is C20H22ClFN2O4S. The monoisotopic (exact) mass is 440 g/mol. The Morgan fingerprint density at radius 2 is 1.93 bits per heavy atom. The van der Waals surface area contributed by atoms with Gasteiger partial charge < -0.3 is 9.64 Å². The molecule has 0 bridgehead atoms. The molecule has 6 nitrogen and oxygen atoms in total. The quantitative estimate of drug-likeness (QED) is 0.773. The fraction of sp³-hybridized carbons (Fsp3) is 0.350. The van der Waals surface area contributed by atoms with E-state index in [2.05, 4.69) is 4.72 Å². The molecule has 1 aliphatic heterocycles. The summed E-state index contributed by atoms with van der Waals surface area (Å²) in [5, 5.41) is 0.170. The topological polar surface area (TPSA) is 75.7 Å². The van der Waals surface area contributed by atoms with E-state index >= 15 is 0 Å². The molecule has 0 saturated carbocycles. The van der Waals surface area contributed by atoms with Crippen LogP contribution in [0.5, 0.6) is 0 Å². The van der Waals surface area contributed by atoms with Crippen LogP contribution in [0.3, 0.4) is 0 Å². The Morgan fingerprint density at radius 3 is 2.59 bits per heavy atom. The van der Waals surface area contributed by atoms with Gasteiger partial charge in [0.25, 0.3) is 5.91 Å². The minimum Gasteiger partial charge on any atom is -0.370 e. The van der Waals surface area contributed by atoms with Gasteiger partial charge in [0.2, 0.25) is 10.0 Å². The summed E-state index contributed by atoms with van der Waals surface area (Å²) in [7, 11) is -3.76. The van der Waals surface area contributed by atoms with E-state index in [4.69, 9.17) is 16.3 Å². The Hall–Kier alpha value is -2.00. The second-order valence-electron chi connectivity index (χ2n) is 7.08. The molecule has 1 N–H and O–H groups in total. The Kier molecular flexibility index (Phi) is 6.58. The maximum atomic E-state index is 13.2. The highest BCUT2D eigenvalue weighted by molar-refractivity contribution is 7.89. The van der Waals surface area contributed by atoms with E-state index < -0.39 is 16.1 Å². The zero-order valence-electron chi connectivity index (χ0n) is 16.1. The lowest BCUT2D eigenvalue weighted by atomic mass is 10.1. The smallest absolute Gasteiger partial charge is 0.255 e. The molecule has 1 atom stereocenters. The number of hydrogen-bond acceptors (Lipinski definition) is 4. The summed E-state index contributed by atoms with van der Waals surface area (Å²) < 4.78 is 46.2. The largest absolute Gasteiger partial charge is 0.370 e. The lowest BCUT2D eigenvalue weighted by Crippen LogP contribution is -2.42. The third-order valence-corrected chi connectivity index (χ3v) is 6.45. The Bertz CT molecular complexity index is 996. The average Bonchev–Trinajstić information content (AvgIpc) is 2.67. The summed E-state index contributed by atoms with van der Waals surface area (Å²) in [6.45, 7) is 4.32. The van der Waals surface area contributed by atoms with Gasteiger partial charge in [0.05, 0.1) is 28.6 Å². The average molecular weight is 441 g/mol. The standard InChI is InChI=1S/C20H22ClFN2O4S/c1-13(2)23-29(26,27)16-7-8-18(21)17(11-16)20(25)24-9-10-28-19(12-24)14-3-5-15(22)6-4-14/h3-8,11,13,19,23H,9-10,12H2,1-2H3. The van der Waals surface area contributed by atoms with Gasteiger partial charge in [-0.15, -0.1) is 0 Å².